The van der Waals surface area contributed by atoms with Crippen LogP contribution in [0, 0.1) is 10.1 Å². The Morgan fingerprint density at radius 2 is 1.86 bits per heavy atom. The molecule has 0 radical (unpaired) electrons. The van der Waals surface area contributed by atoms with Gasteiger partial charge in [0.2, 0.25) is 0 Å². The van der Waals surface area contributed by atoms with E-state index in [9.17, 15) is 15.2 Å². The Bertz CT molecular complexity index is 1110. The van der Waals surface area contributed by atoms with Crippen LogP contribution < -0.4 is 5.32 Å². The van der Waals surface area contributed by atoms with Crippen LogP contribution >= 0.6 is 11.3 Å². The number of aliphatic hydroxyl groups is 1. The highest BCUT2D eigenvalue weighted by molar-refractivity contribution is 7.13. The largest absolute Gasteiger partial charge is 0.387 e. The Morgan fingerprint density at radius 3 is 2.57 bits per heavy atom. The number of aromatic nitrogens is 2. The van der Waals surface area contributed by atoms with Gasteiger partial charge in [0.1, 0.15) is 5.82 Å². The number of nitrogens with one attached hydrogen (secondary N) is 1. The zero-order valence-corrected chi connectivity index (χ0v) is 15.5. The fourth-order valence-corrected chi connectivity index (χ4v) is 3.51. The van der Waals surface area contributed by atoms with Crippen LogP contribution in [0.15, 0.2) is 66.0 Å². The van der Waals surface area contributed by atoms with Crippen LogP contribution in [0.5, 0.6) is 0 Å². The number of nitro groups is 1. The third kappa shape index (κ3) is 3.68. The van der Waals surface area contributed by atoms with Crippen molar-refractivity contribution < 1.29 is 10.0 Å². The van der Waals surface area contributed by atoms with Crippen molar-refractivity contribution in [2.45, 2.75) is 6.10 Å². The van der Waals surface area contributed by atoms with E-state index in [0.717, 1.165) is 15.8 Å². The van der Waals surface area contributed by atoms with Gasteiger partial charge >= 0.3 is 0 Å². The first kappa shape index (κ1) is 18.0. The highest BCUT2D eigenvalue weighted by Gasteiger charge is 2.13. The van der Waals surface area contributed by atoms with E-state index in [0.29, 0.717) is 17.2 Å². The van der Waals surface area contributed by atoms with Gasteiger partial charge in [-0.25, -0.2) is 9.97 Å². The number of nitro benzene ring substituents is 1. The lowest BCUT2D eigenvalue weighted by Crippen LogP contribution is -2.13. The Hall–Kier alpha value is -3.36. The molecule has 1 unspecified atom stereocenters. The summed E-state index contributed by atoms with van der Waals surface area (Å²) in [5.74, 6) is 1.26. The second kappa shape index (κ2) is 7.71. The van der Waals surface area contributed by atoms with Gasteiger partial charge in [-0.2, -0.15) is 0 Å². The molecular formula is C20H16N4O3S. The van der Waals surface area contributed by atoms with Crippen LogP contribution in [0.25, 0.3) is 21.6 Å². The van der Waals surface area contributed by atoms with Crippen LogP contribution in [0.3, 0.4) is 0 Å². The van der Waals surface area contributed by atoms with E-state index in [-0.39, 0.29) is 12.2 Å². The van der Waals surface area contributed by atoms with Crippen molar-refractivity contribution in [3.63, 3.8) is 0 Å². The Kier molecular flexibility index (Phi) is 4.96. The summed E-state index contributed by atoms with van der Waals surface area (Å²) in [4.78, 5) is 20.5. The normalized spacial score (nSPS) is 12.0. The summed E-state index contributed by atoms with van der Waals surface area (Å²) in [6, 6.07) is 17.5. The average Bonchev–Trinajstić information content (AvgIpc) is 3.26. The van der Waals surface area contributed by atoms with Crippen molar-refractivity contribution in [2.75, 3.05) is 11.9 Å². The quantitative estimate of drug-likeness (QED) is 0.372. The van der Waals surface area contributed by atoms with Gasteiger partial charge in [0.15, 0.2) is 5.82 Å². The lowest BCUT2D eigenvalue weighted by molar-refractivity contribution is -0.384. The average molecular weight is 392 g/mol. The van der Waals surface area contributed by atoms with E-state index < -0.39 is 11.0 Å². The van der Waals surface area contributed by atoms with Gasteiger partial charge in [-0.3, -0.25) is 10.1 Å². The molecular weight excluding hydrogens is 376 g/mol. The van der Waals surface area contributed by atoms with Gasteiger partial charge in [-0.05, 0) is 41.3 Å². The van der Waals surface area contributed by atoms with E-state index in [1.54, 1.807) is 23.5 Å². The van der Waals surface area contributed by atoms with Crippen LogP contribution in [-0.4, -0.2) is 26.5 Å². The molecule has 2 aromatic carbocycles. The van der Waals surface area contributed by atoms with Crippen molar-refractivity contribution in [1.29, 1.82) is 0 Å². The summed E-state index contributed by atoms with van der Waals surface area (Å²) < 4.78 is 0. The van der Waals surface area contributed by atoms with Gasteiger partial charge in [0.05, 0.1) is 21.4 Å². The number of benzene rings is 2. The summed E-state index contributed by atoms with van der Waals surface area (Å²) in [6.45, 7) is 0.211. The Balaban J connectivity index is 1.59. The summed E-state index contributed by atoms with van der Waals surface area (Å²) in [6.07, 6.45) is -0.834. The molecule has 0 aliphatic rings. The molecule has 0 fully saturated rings. The topological polar surface area (TPSA) is 101 Å². The molecule has 0 bridgehead atoms. The van der Waals surface area contributed by atoms with Crippen LogP contribution in [-0.2, 0) is 0 Å². The zero-order valence-electron chi connectivity index (χ0n) is 14.6. The van der Waals surface area contributed by atoms with E-state index >= 15 is 0 Å². The summed E-state index contributed by atoms with van der Waals surface area (Å²) in [5.41, 5.74) is 1.40. The van der Waals surface area contributed by atoms with E-state index in [2.05, 4.69) is 15.3 Å². The van der Waals surface area contributed by atoms with Crippen molar-refractivity contribution in [2.24, 2.45) is 0 Å². The Morgan fingerprint density at radius 1 is 1.07 bits per heavy atom. The first-order chi connectivity index (χ1) is 13.6. The minimum atomic E-state index is -0.834. The molecule has 2 aromatic heterocycles. The lowest BCUT2D eigenvalue weighted by Gasteiger charge is -2.14. The summed E-state index contributed by atoms with van der Waals surface area (Å²) in [7, 11) is 0. The van der Waals surface area contributed by atoms with Gasteiger partial charge in [0.25, 0.3) is 5.69 Å². The smallest absolute Gasteiger partial charge is 0.269 e. The second-order valence-electron chi connectivity index (χ2n) is 6.14. The summed E-state index contributed by atoms with van der Waals surface area (Å²) >= 11 is 1.56. The van der Waals surface area contributed by atoms with Gasteiger partial charge in [0, 0.05) is 24.1 Å². The molecule has 4 aromatic rings. The fourth-order valence-electron chi connectivity index (χ4n) is 2.86. The van der Waals surface area contributed by atoms with Gasteiger partial charge < -0.3 is 10.4 Å². The van der Waals surface area contributed by atoms with Crippen molar-refractivity contribution in [1.82, 2.24) is 9.97 Å². The maximum Gasteiger partial charge on any atom is 0.269 e. The molecule has 0 aliphatic heterocycles. The monoisotopic (exact) mass is 392 g/mol. The molecule has 4 rings (SSSR count). The number of para-hydroxylation sites is 1. The molecule has 0 saturated heterocycles. The number of hydrogen-bond acceptors (Lipinski definition) is 7. The highest BCUT2D eigenvalue weighted by atomic mass is 32.1. The number of non-ortho nitro benzene ring substituents is 1. The second-order valence-corrected chi connectivity index (χ2v) is 7.08. The minimum Gasteiger partial charge on any atom is -0.387 e. The summed E-state index contributed by atoms with van der Waals surface area (Å²) in [5, 5.41) is 27.3. The predicted molar refractivity (Wildman–Crippen MR) is 109 cm³/mol. The number of aliphatic hydroxyl groups excluding tert-OH is 1. The van der Waals surface area contributed by atoms with Crippen molar-refractivity contribution in [3.8, 4) is 10.7 Å². The van der Waals surface area contributed by atoms with Gasteiger partial charge in [-0.1, -0.05) is 18.2 Å². The third-order valence-corrected chi connectivity index (χ3v) is 5.16. The molecule has 140 valence electrons. The first-order valence-electron chi connectivity index (χ1n) is 8.59. The number of thiophene rings is 1. The van der Waals surface area contributed by atoms with Crippen LogP contribution in [0.2, 0.25) is 0 Å². The SMILES string of the molecule is O=[N+]([O-])c1ccc(C(O)CNc2nc(-c3cccs3)nc3ccccc23)cc1. The number of rotatable bonds is 6. The maximum absolute atomic E-state index is 10.8. The predicted octanol–water partition coefficient (Wildman–Crippen LogP) is 4.41. The molecule has 0 aliphatic carbocycles. The van der Waals surface area contributed by atoms with Crippen molar-refractivity contribution in [3.05, 3.63) is 81.7 Å². The molecule has 0 saturated carbocycles. The first-order valence-corrected chi connectivity index (χ1v) is 9.47. The zero-order chi connectivity index (χ0) is 19.5. The number of fused-ring (bicyclic) bond motifs is 1. The Labute approximate surface area is 164 Å². The van der Waals surface area contributed by atoms with E-state index in [1.807, 2.05) is 41.8 Å². The van der Waals surface area contributed by atoms with Crippen molar-refractivity contribution >= 4 is 33.7 Å². The molecule has 2 heterocycles. The molecule has 2 N–H and O–H groups in total. The third-order valence-electron chi connectivity index (χ3n) is 4.30. The number of nitrogens with zero attached hydrogens (tertiary/aromatic N) is 3. The molecule has 8 heteroatoms. The lowest BCUT2D eigenvalue weighted by atomic mass is 10.1. The molecule has 7 nitrogen and oxygen atoms in total. The maximum atomic E-state index is 10.8. The number of anilines is 1. The van der Waals surface area contributed by atoms with Gasteiger partial charge in [-0.15, -0.1) is 11.3 Å². The van der Waals surface area contributed by atoms with Crippen LogP contribution in [0.4, 0.5) is 11.5 Å². The number of hydrogen-bond donors (Lipinski definition) is 2. The van der Waals surface area contributed by atoms with Crippen LogP contribution in [0.1, 0.15) is 11.7 Å². The van der Waals surface area contributed by atoms with E-state index in [4.69, 9.17) is 0 Å². The van der Waals surface area contributed by atoms with E-state index in [1.165, 1.54) is 12.1 Å². The highest BCUT2D eigenvalue weighted by Crippen LogP contribution is 2.28. The molecule has 28 heavy (non-hydrogen) atoms. The molecule has 0 spiro atoms. The molecule has 0 amide bonds. The fraction of sp³-hybridized carbons (Fsp3) is 0.100. The standard InChI is InChI=1S/C20H16N4O3S/c25-17(13-7-9-14(10-8-13)24(26)27)12-21-19-15-4-1-2-5-16(15)22-20(23-19)18-6-3-11-28-18/h1-11,17,25H,12H2,(H,21,22,23). The molecule has 1 atom stereocenters. The minimum absolute atomic E-state index is 0.00806.